The van der Waals surface area contributed by atoms with Gasteiger partial charge in [-0.2, -0.15) is 0 Å². The molecule has 45 heavy (non-hydrogen) atoms. The van der Waals surface area contributed by atoms with E-state index < -0.39 is 10.0 Å². The number of carbonyl (C=O) groups is 1. The Hall–Kier alpha value is -4.29. The number of methoxy groups -OCH3 is 1. The molecule has 4 heterocycles. The normalized spacial score (nSPS) is 18.4. The van der Waals surface area contributed by atoms with Crippen LogP contribution >= 0.6 is 0 Å². The van der Waals surface area contributed by atoms with Gasteiger partial charge in [0, 0.05) is 49.9 Å². The van der Waals surface area contributed by atoms with E-state index in [2.05, 4.69) is 31.9 Å². The number of hydrogen-bond donors (Lipinski definition) is 2. The average molecular weight is 633 g/mol. The van der Waals surface area contributed by atoms with Gasteiger partial charge in [0.25, 0.3) is 5.91 Å². The molecule has 0 spiro atoms. The number of rotatable bonds is 8. The van der Waals surface area contributed by atoms with Gasteiger partial charge >= 0.3 is 0 Å². The van der Waals surface area contributed by atoms with Crippen molar-refractivity contribution < 1.29 is 22.7 Å². The first kappa shape index (κ1) is 30.7. The second-order valence-electron chi connectivity index (χ2n) is 13.1. The minimum absolute atomic E-state index is 0.218. The SMILES string of the molecule is COc1c(NC(=O)c2cc3cccc(Oc4ccnc(N5C[C@@H]6C[C@H]5CN6C)c4)c3n2C)cc(C(C)(C)C)cc1NS(C)(=O)=O. The molecule has 0 saturated carbocycles. The predicted molar refractivity (Wildman–Crippen MR) is 178 cm³/mol. The standard InChI is InChI=1S/C33H40N6O5S/c1-33(2,3)21-14-25(31(43-6)26(15-21)36-45(7,41)42)35-32(40)27-13-20-9-8-10-28(30(20)38(27)5)44-24-11-12-34-29(17-24)39-19-22-16-23(39)18-37(22)4/h8-15,17,22-23,36H,16,18-19H2,1-7H3,(H,35,40)/t22-,23-/m0/s1. The van der Waals surface area contributed by atoms with Gasteiger partial charge in [0.05, 0.1) is 30.3 Å². The lowest BCUT2D eigenvalue weighted by atomic mass is 9.86. The fourth-order valence-electron chi connectivity index (χ4n) is 6.41. The van der Waals surface area contributed by atoms with Crippen molar-refractivity contribution >= 4 is 44.0 Å². The Morgan fingerprint density at radius 2 is 1.78 bits per heavy atom. The summed E-state index contributed by atoms with van der Waals surface area (Å²) in [4.78, 5) is 23.2. The molecular formula is C33H40N6O5S. The van der Waals surface area contributed by atoms with Gasteiger partial charge in [0.15, 0.2) is 11.5 Å². The number of ether oxygens (including phenoxy) is 2. The molecule has 4 aromatic rings. The quantitative estimate of drug-likeness (QED) is 0.273. The highest BCUT2D eigenvalue weighted by Crippen LogP contribution is 2.40. The van der Waals surface area contributed by atoms with Crippen molar-refractivity contribution in [3.05, 3.63) is 66.0 Å². The lowest BCUT2D eigenvalue weighted by molar-refractivity contribution is 0.101. The molecule has 1 amide bonds. The summed E-state index contributed by atoms with van der Waals surface area (Å²) in [6.45, 7) is 8.02. The number of amides is 1. The molecular weight excluding hydrogens is 592 g/mol. The summed E-state index contributed by atoms with van der Waals surface area (Å²) in [6.07, 6.45) is 4.00. The maximum absolute atomic E-state index is 13.8. The lowest BCUT2D eigenvalue weighted by Crippen LogP contribution is -2.44. The summed E-state index contributed by atoms with van der Waals surface area (Å²) >= 11 is 0. The molecule has 2 aliphatic heterocycles. The van der Waals surface area contributed by atoms with Crippen LogP contribution in [-0.2, 0) is 22.5 Å². The zero-order chi connectivity index (χ0) is 32.3. The molecule has 2 saturated heterocycles. The lowest BCUT2D eigenvalue weighted by Gasteiger charge is -2.32. The third-order valence-electron chi connectivity index (χ3n) is 8.71. The number of carbonyl (C=O) groups excluding carboxylic acids is 1. The zero-order valence-electron chi connectivity index (χ0n) is 26.7. The van der Waals surface area contributed by atoms with E-state index in [4.69, 9.17) is 9.47 Å². The van der Waals surface area contributed by atoms with E-state index in [0.717, 1.165) is 48.1 Å². The van der Waals surface area contributed by atoms with Crippen LogP contribution in [0.1, 0.15) is 43.2 Å². The number of nitrogens with one attached hydrogen (secondary N) is 2. The van der Waals surface area contributed by atoms with Crippen molar-refractivity contribution in [2.45, 2.75) is 44.7 Å². The molecule has 2 atom stereocenters. The van der Waals surface area contributed by atoms with E-state index >= 15 is 0 Å². The van der Waals surface area contributed by atoms with Crippen LogP contribution in [0.3, 0.4) is 0 Å². The number of anilines is 3. The number of para-hydroxylation sites is 1. The molecule has 2 aromatic carbocycles. The van der Waals surface area contributed by atoms with E-state index in [1.165, 1.54) is 7.11 Å². The Balaban J connectivity index is 1.30. The molecule has 2 fully saturated rings. The fraction of sp³-hybridized carbons (Fsp3) is 0.394. The van der Waals surface area contributed by atoms with Gasteiger partial charge in [0.1, 0.15) is 17.3 Å². The van der Waals surface area contributed by atoms with Crippen LogP contribution in [0.4, 0.5) is 17.2 Å². The van der Waals surface area contributed by atoms with Gasteiger partial charge in [-0.1, -0.05) is 32.9 Å². The van der Waals surface area contributed by atoms with Gasteiger partial charge < -0.3 is 24.3 Å². The van der Waals surface area contributed by atoms with Crippen LogP contribution < -0.4 is 24.4 Å². The summed E-state index contributed by atoms with van der Waals surface area (Å²) in [5.74, 6) is 2.03. The van der Waals surface area contributed by atoms with E-state index in [9.17, 15) is 13.2 Å². The summed E-state index contributed by atoms with van der Waals surface area (Å²) in [6, 6.07) is 15.9. The Bertz CT molecular complexity index is 1900. The Morgan fingerprint density at radius 1 is 1.02 bits per heavy atom. The molecule has 238 valence electrons. The number of aromatic nitrogens is 2. The van der Waals surface area contributed by atoms with Crippen LogP contribution in [0.15, 0.2) is 54.7 Å². The number of piperazine rings is 1. The topological polar surface area (TPSA) is 118 Å². The highest BCUT2D eigenvalue weighted by Gasteiger charge is 2.42. The van der Waals surface area contributed by atoms with Crippen molar-refractivity contribution in [2.75, 3.05) is 48.4 Å². The van der Waals surface area contributed by atoms with Gasteiger partial charge in [-0.3, -0.25) is 14.4 Å². The monoisotopic (exact) mass is 632 g/mol. The third kappa shape index (κ3) is 6.04. The van der Waals surface area contributed by atoms with Crippen molar-refractivity contribution in [1.29, 1.82) is 0 Å². The van der Waals surface area contributed by atoms with Gasteiger partial charge in [-0.15, -0.1) is 0 Å². The summed E-state index contributed by atoms with van der Waals surface area (Å²) in [5, 5.41) is 3.80. The van der Waals surface area contributed by atoms with Gasteiger partial charge in [-0.05, 0) is 54.8 Å². The first-order valence-electron chi connectivity index (χ1n) is 14.9. The number of likely N-dealkylation sites (tertiary alicyclic amines) is 1. The number of fused-ring (bicyclic) bond motifs is 3. The number of aryl methyl sites for hydroxylation is 1. The van der Waals surface area contributed by atoms with Crippen molar-refractivity contribution in [3.63, 3.8) is 0 Å². The van der Waals surface area contributed by atoms with Crippen LogP contribution in [0.2, 0.25) is 0 Å². The number of benzene rings is 2. The van der Waals surface area contributed by atoms with Crippen LogP contribution in [0.5, 0.6) is 17.2 Å². The Labute approximate surface area is 264 Å². The molecule has 6 rings (SSSR count). The Kier molecular flexibility index (Phi) is 7.68. The summed E-state index contributed by atoms with van der Waals surface area (Å²) in [5.41, 5.74) is 2.26. The maximum atomic E-state index is 13.8. The molecule has 2 N–H and O–H groups in total. The number of hydrogen-bond acceptors (Lipinski definition) is 8. The van der Waals surface area contributed by atoms with E-state index in [1.807, 2.05) is 70.3 Å². The zero-order valence-corrected chi connectivity index (χ0v) is 27.5. The van der Waals surface area contributed by atoms with Crippen LogP contribution in [-0.4, -0.2) is 74.4 Å². The van der Waals surface area contributed by atoms with Gasteiger partial charge in [-0.25, -0.2) is 13.4 Å². The second-order valence-corrected chi connectivity index (χ2v) is 14.8. The highest BCUT2D eigenvalue weighted by atomic mass is 32.2. The largest absolute Gasteiger partial charge is 0.492 e. The van der Waals surface area contributed by atoms with Crippen molar-refractivity contribution in [3.8, 4) is 17.2 Å². The molecule has 2 aromatic heterocycles. The highest BCUT2D eigenvalue weighted by molar-refractivity contribution is 7.92. The number of nitrogens with zero attached hydrogens (tertiary/aromatic N) is 4. The maximum Gasteiger partial charge on any atom is 0.272 e. The Morgan fingerprint density at radius 3 is 2.42 bits per heavy atom. The number of sulfonamides is 1. The van der Waals surface area contributed by atoms with Crippen molar-refractivity contribution in [2.24, 2.45) is 7.05 Å². The molecule has 11 nitrogen and oxygen atoms in total. The smallest absolute Gasteiger partial charge is 0.272 e. The molecule has 2 aliphatic rings. The van der Waals surface area contributed by atoms with E-state index in [-0.39, 0.29) is 22.8 Å². The molecule has 0 aliphatic carbocycles. The first-order valence-corrected chi connectivity index (χ1v) is 16.8. The van der Waals surface area contributed by atoms with E-state index in [1.54, 1.807) is 16.8 Å². The molecule has 12 heteroatoms. The van der Waals surface area contributed by atoms with Crippen molar-refractivity contribution in [1.82, 2.24) is 14.5 Å². The minimum Gasteiger partial charge on any atom is -0.492 e. The van der Waals surface area contributed by atoms with E-state index in [0.29, 0.717) is 35.0 Å². The van der Waals surface area contributed by atoms with Gasteiger partial charge in [0.2, 0.25) is 10.0 Å². The first-order chi connectivity index (χ1) is 21.2. The van der Waals surface area contributed by atoms with Crippen LogP contribution in [0.25, 0.3) is 10.9 Å². The third-order valence-corrected chi connectivity index (χ3v) is 9.30. The summed E-state index contributed by atoms with van der Waals surface area (Å²) in [7, 11) is 1.83. The molecule has 2 bridgehead atoms. The van der Waals surface area contributed by atoms with Crippen LogP contribution in [0, 0.1) is 0 Å². The molecule has 0 radical (unpaired) electrons. The fourth-order valence-corrected chi connectivity index (χ4v) is 6.96. The number of likely N-dealkylation sites (N-methyl/N-ethyl adjacent to an activating group) is 1. The summed E-state index contributed by atoms with van der Waals surface area (Å²) < 4.78 is 40.6. The minimum atomic E-state index is -3.61. The molecule has 0 unspecified atom stereocenters. The second kappa shape index (κ2) is 11.3. The average Bonchev–Trinajstić information content (AvgIpc) is 3.64. The number of pyridine rings is 1. The predicted octanol–water partition coefficient (Wildman–Crippen LogP) is 5.19.